The lowest BCUT2D eigenvalue weighted by atomic mass is 10.2. The molecule has 0 heterocycles. The van der Waals surface area contributed by atoms with E-state index in [1.807, 2.05) is 49.7 Å². The number of nitrogens with zero attached hydrogens (tertiary/aromatic N) is 1. The molecule has 24 heavy (non-hydrogen) atoms. The van der Waals surface area contributed by atoms with Crippen molar-refractivity contribution in [3.63, 3.8) is 0 Å². The number of carbonyl (C=O) groups excluding carboxylic acids is 1. The minimum absolute atomic E-state index is 0.201. The Morgan fingerprint density at radius 2 is 1.88 bits per heavy atom. The first-order valence-electron chi connectivity index (χ1n) is 8.00. The molecule has 5 heteroatoms. The summed E-state index contributed by atoms with van der Waals surface area (Å²) in [5.41, 5.74) is 2.95. The minimum Gasteiger partial charge on any atom is -0.372 e. The number of hydrogen-bond donors (Lipinski definition) is 2. The Labute approximate surface area is 148 Å². The van der Waals surface area contributed by atoms with E-state index in [0.717, 1.165) is 16.9 Å². The van der Waals surface area contributed by atoms with Gasteiger partial charge in [0, 0.05) is 35.9 Å². The molecule has 0 bridgehead atoms. The van der Waals surface area contributed by atoms with Crippen molar-refractivity contribution in [2.24, 2.45) is 0 Å². The molecule has 2 rings (SSSR count). The zero-order valence-corrected chi connectivity index (χ0v) is 15.5. The fourth-order valence-electron chi connectivity index (χ4n) is 2.20. The van der Waals surface area contributed by atoms with E-state index in [4.69, 9.17) is 0 Å². The molecular weight excluding hydrogens is 318 g/mol. The van der Waals surface area contributed by atoms with Crippen molar-refractivity contribution in [1.29, 1.82) is 0 Å². The first kappa shape index (κ1) is 18.2. The molecule has 0 radical (unpaired) electrons. The Kier molecular flexibility index (Phi) is 6.55. The van der Waals surface area contributed by atoms with E-state index in [0.29, 0.717) is 12.6 Å². The lowest BCUT2D eigenvalue weighted by Gasteiger charge is -2.24. The maximum Gasteiger partial charge on any atom is 0.319 e. The van der Waals surface area contributed by atoms with Gasteiger partial charge in [0.25, 0.3) is 0 Å². The Morgan fingerprint density at radius 3 is 2.50 bits per heavy atom. The van der Waals surface area contributed by atoms with E-state index >= 15 is 0 Å². The standard InChI is InChI=1S/C19H25N3OS/c1-14(2)22(3)17-7-5-6-16(12-17)21-19(23)20-13-15-8-10-18(24-4)11-9-15/h5-12,14H,13H2,1-4H3,(H2,20,21,23). The third-order valence-corrected chi connectivity index (χ3v) is 4.64. The summed E-state index contributed by atoms with van der Waals surface area (Å²) < 4.78 is 0. The van der Waals surface area contributed by atoms with Crippen molar-refractivity contribution in [2.45, 2.75) is 31.3 Å². The van der Waals surface area contributed by atoms with Crippen LogP contribution in [0, 0.1) is 0 Å². The molecule has 2 N–H and O–H groups in total. The van der Waals surface area contributed by atoms with Crippen LogP contribution in [0.2, 0.25) is 0 Å². The van der Waals surface area contributed by atoms with Gasteiger partial charge in [-0.05, 0) is 56.0 Å². The molecule has 0 spiro atoms. The van der Waals surface area contributed by atoms with Crippen LogP contribution in [0.1, 0.15) is 19.4 Å². The molecule has 2 amide bonds. The van der Waals surface area contributed by atoms with Crippen LogP contribution >= 0.6 is 11.8 Å². The maximum absolute atomic E-state index is 12.1. The second-order valence-corrected chi connectivity index (χ2v) is 6.79. The number of thioether (sulfide) groups is 1. The zero-order valence-electron chi connectivity index (χ0n) is 14.7. The fraction of sp³-hybridized carbons (Fsp3) is 0.316. The molecular formula is C19H25N3OS. The summed E-state index contributed by atoms with van der Waals surface area (Å²) in [4.78, 5) is 15.5. The Hall–Kier alpha value is -2.14. The average Bonchev–Trinajstić information content (AvgIpc) is 2.60. The van der Waals surface area contributed by atoms with Crippen molar-refractivity contribution >= 4 is 29.2 Å². The maximum atomic E-state index is 12.1. The largest absolute Gasteiger partial charge is 0.372 e. The Bertz CT molecular complexity index is 671. The van der Waals surface area contributed by atoms with Crippen LogP contribution in [-0.4, -0.2) is 25.4 Å². The Balaban J connectivity index is 1.91. The van der Waals surface area contributed by atoms with Gasteiger partial charge in [0.1, 0.15) is 0 Å². The lowest BCUT2D eigenvalue weighted by Crippen LogP contribution is -2.28. The first-order chi connectivity index (χ1) is 11.5. The molecule has 128 valence electrons. The summed E-state index contributed by atoms with van der Waals surface area (Å²) in [5.74, 6) is 0. The van der Waals surface area contributed by atoms with Crippen molar-refractivity contribution in [2.75, 3.05) is 23.5 Å². The highest BCUT2D eigenvalue weighted by Gasteiger charge is 2.07. The van der Waals surface area contributed by atoms with Crippen molar-refractivity contribution in [3.05, 3.63) is 54.1 Å². The van der Waals surface area contributed by atoms with Crippen LogP contribution in [0.4, 0.5) is 16.2 Å². The van der Waals surface area contributed by atoms with Crippen molar-refractivity contribution < 1.29 is 4.79 Å². The van der Waals surface area contributed by atoms with E-state index < -0.39 is 0 Å². The average molecular weight is 343 g/mol. The number of carbonyl (C=O) groups is 1. The lowest BCUT2D eigenvalue weighted by molar-refractivity contribution is 0.251. The normalized spacial score (nSPS) is 10.5. The highest BCUT2D eigenvalue weighted by molar-refractivity contribution is 7.98. The van der Waals surface area contributed by atoms with Crippen LogP contribution in [0.25, 0.3) is 0 Å². The van der Waals surface area contributed by atoms with Gasteiger partial charge in [0.15, 0.2) is 0 Å². The SMILES string of the molecule is CSc1ccc(CNC(=O)Nc2cccc(N(C)C(C)C)c2)cc1. The quantitative estimate of drug-likeness (QED) is 0.755. The topological polar surface area (TPSA) is 44.4 Å². The molecule has 0 aliphatic rings. The second kappa shape index (κ2) is 8.64. The third kappa shape index (κ3) is 5.20. The highest BCUT2D eigenvalue weighted by Crippen LogP contribution is 2.20. The van der Waals surface area contributed by atoms with Crippen molar-refractivity contribution in [3.8, 4) is 0 Å². The molecule has 0 unspecified atom stereocenters. The van der Waals surface area contributed by atoms with Gasteiger partial charge >= 0.3 is 6.03 Å². The van der Waals surface area contributed by atoms with Crippen LogP contribution in [0.5, 0.6) is 0 Å². The molecule has 2 aromatic rings. The molecule has 0 saturated carbocycles. The zero-order chi connectivity index (χ0) is 17.5. The predicted octanol–water partition coefficient (Wildman–Crippen LogP) is 4.57. The number of anilines is 2. The smallest absolute Gasteiger partial charge is 0.319 e. The first-order valence-corrected chi connectivity index (χ1v) is 9.22. The van der Waals surface area contributed by atoms with Crippen molar-refractivity contribution in [1.82, 2.24) is 5.32 Å². The van der Waals surface area contributed by atoms with Crippen LogP contribution in [0.15, 0.2) is 53.4 Å². The fourth-order valence-corrected chi connectivity index (χ4v) is 2.61. The molecule has 0 aromatic heterocycles. The van der Waals surface area contributed by atoms with E-state index in [2.05, 4.69) is 41.5 Å². The molecule has 0 aliphatic heterocycles. The number of urea groups is 1. The van der Waals surface area contributed by atoms with E-state index in [1.165, 1.54) is 4.90 Å². The van der Waals surface area contributed by atoms with E-state index in [1.54, 1.807) is 11.8 Å². The molecule has 0 atom stereocenters. The minimum atomic E-state index is -0.201. The summed E-state index contributed by atoms with van der Waals surface area (Å²) >= 11 is 1.71. The number of rotatable bonds is 6. The summed E-state index contributed by atoms with van der Waals surface area (Å²) in [6.45, 7) is 4.77. The second-order valence-electron chi connectivity index (χ2n) is 5.91. The van der Waals surface area contributed by atoms with Gasteiger partial charge < -0.3 is 15.5 Å². The molecule has 0 fully saturated rings. The Morgan fingerprint density at radius 1 is 1.17 bits per heavy atom. The van der Waals surface area contributed by atoms with Gasteiger partial charge in [0.2, 0.25) is 0 Å². The van der Waals surface area contributed by atoms with Crippen LogP contribution in [0.3, 0.4) is 0 Å². The summed E-state index contributed by atoms with van der Waals surface area (Å²) in [6, 6.07) is 16.2. The third-order valence-electron chi connectivity index (χ3n) is 3.90. The van der Waals surface area contributed by atoms with Gasteiger partial charge in [-0.25, -0.2) is 4.79 Å². The van der Waals surface area contributed by atoms with Crippen LogP contribution < -0.4 is 15.5 Å². The summed E-state index contributed by atoms with van der Waals surface area (Å²) in [5, 5.41) is 5.77. The van der Waals surface area contributed by atoms with Gasteiger partial charge in [-0.2, -0.15) is 0 Å². The monoisotopic (exact) mass is 343 g/mol. The van der Waals surface area contributed by atoms with Crippen LogP contribution in [-0.2, 0) is 6.54 Å². The summed E-state index contributed by atoms with van der Waals surface area (Å²) in [7, 11) is 2.04. The predicted molar refractivity (Wildman–Crippen MR) is 104 cm³/mol. The number of nitrogens with one attached hydrogen (secondary N) is 2. The number of hydrogen-bond acceptors (Lipinski definition) is 3. The molecule has 2 aromatic carbocycles. The van der Waals surface area contributed by atoms with E-state index in [9.17, 15) is 4.79 Å². The highest BCUT2D eigenvalue weighted by atomic mass is 32.2. The van der Waals surface area contributed by atoms with Gasteiger partial charge in [0.05, 0.1) is 0 Å². The number of amides is 2. The molecule has 0 aliphatic carbocycles. The van der Waals surface area contributed by atoms with E-state index in [-0.39, 0.29) is 6.03 Å². The van der Waals surface area contributed by atoms with Gasteiger partial charge in [-0.1, -0.05) is 18.2 Å². The van der Waals surface area contributed by atoms with Gasteiger partial charge in [-0.15, -0.1) is 11.8 Å². The molecule has 0 saturated heterocycles. The number of benzene rings is 2. The summed E-state index contributed by atoms with van der Waals surface area (Å²) in [6.07, 6.45) is 2.05. The molecule has 4 nitrogen and oxygen atoms in total. The van der Waals surface area contributed by atoms with Gasteiger partial charge in [-0.3, -0.25) is 0 Å².